The van der Waals surface area contributed by atoms with Gasteiger partial charge in [-0.15, -0.1) is 0 Å². The molecular weight excluding hydrogens is 224 g/mol. The molecule has 0 atom stereocenters. The SMILES string of the molecule is O=[N+]([O-])c1ccc2c(c1)OC1(CCNCC1)O2. The fraction of sp³-hybridized carbons (Fsp3) is 0.455. The maximum absolute atomic E-state index is 10.7. The van der Waals surface area contributed by atoms with Crippen LogP contribution >= 0.6 is 0 Å². The van der Waals surface area contributed by atoms with Gasteiger partial charge >= 0.3 is 0 Å². The zero-order valence-corrected chi connectivity index (χ0v) is 9.14. The van der Waals surface area contributed by atoms with Crippen LogP contribution in [0.5, 0.6) is 11.5 Å². The minimum absolute atomic E-state index is 0.0262. The van der Waals surface area contributed by atoms with Crippen LogP contribution in [-0.2, 0) is 0 Å². The van der Waals surface area contributed by atoms with Crippen molar-refractivity contribution in [3.8, 4) is 11.5 Å². The summed E-state index contributed by atoms with van der Waals surface area (Å²) >= 11 is 0. The van der Waals surface area contributed by atoms with Gasteiger partial charge in [0.15, 0.2) is 11.5 Å². The number of ether oxygens (including phenoxy) is 2. The second-order valence-electron chi connectivity index (χ2n) is 4.25. The van der Waals surface area contributed by atoms with Crippen molar-refractivity contribution in [2.24, 2.45) is 0 Å². The summed E-state index contributed by atoms with van der Waals surface area (Å²) in [6, 6.07) is 4.46. The third kappa shape index (κ3) is 1.70. The second kappa shape index (κ2) is 3.59. The molecule has 0 radical (unpaired) electrons. The number of hydrogen-bond acceptors (Lipinski definition) is 5. The van der Waals surface area contributed by atoms with Gasteiger partial charge in [0, 0.05) is 32.0 Å². The Morgan fingerprint density at radius 3 is 2.65 bits per heavy atom. The smallest absolute Gasteiger partial charge is 0.273 e. The molecule has 17 heavy (non-hydrogen) atoms. The molecule has 90 valence electrons. The topological polar surface area (TPSA) is 73.6 Å². The van der Waals surface area contributed by atoms with E-state index in [0.717, 1.165) is 25.9 Å². The number of nitrogens with zero attached hydrogens (tertiary/aromatic N) is 1. The Kier molecular flexibility index (Phi) is 2.19. The molecule has 0 amide bonds. The molecule has 6 heteroatoms. The Morgan fingerprint density at radius 1 is 1.24 bits per heavy atom. The summed E-state index contributed by atoms with van der Waals surface area (Å²) in [5, 5.41) is 13.9. The van der Waals surface area contributed by atoms with E-state index in [1.54, 1.807) is 6.07 Å². The van der Waals surface area contributed by atoms with Gasteiger partial charge in [-0.3, -0.25) is 10.1 Å². The van der Waals surface area contributed by atoms with Crippen LogP contribution in [0.4, 0.5) is 5.69 Å². The molecule has 0 aliphatic carbocycles. The van der Waals surface area contributed by atoms with E-state index >= 15 is 0 Å². The summed E-state index contributed by atoms with van der Waals surface area (Å²) in [7, 11) is 0. The van der Waals surface area contributed by atoms with Crippen LogP contribution < -0.4 is 14.8 Å². The molecule has 1 fully saturated rings. The van der Waals surface area contributed by atoms with Crippen molar-refractivity contribution in [3.05, 3.63) is 28.3 Å². The van der Waals surface area contributed by atoms with Crippen molar-refractivity contribution in [2.75, 3.05) is 13.1 Å². The van der Waals surface area contributed by atoms with Crippen LogP contribution in [0.1, 0.15) is 12.8 Å². The zero-order valence-electron chi connectivity index (χ0n) is 9.14. The summed E-state index contributed by atoms with van der Waals surface area (Å²) in [5.74, 6) is 0.446. The average molecular weight is 236 g/mol. The van der Waals surface area contributed by atoms with Crippen molar-refractivity contribution in [3.63, 3.8) is 0 Å². The standard InChI is InChI=1S/C11H12N2O4/c14-13(15)8-1-2-9-10(7-8)17-11(16-9)3-5-12-6-4-11/h1-2,7,12H,3-6H2. The monoisotopic (exact) mass is 236 g/mol. The summed E-state index contributed by atoms with van der Waals surface area (Å²) in [5.41, 5.74) is 0.0262. The number of nitro benzene ring substituents is 1. The molecule has 2 aliphatic heterocycles. The molecule has 2 heterocycles. The van der Waals surface area contributed by atoms with Crippen molar-refractivity contribution in [2.45, 2.75) is 18.6 Å². The quantitative estimate of drug-likeness (QED) is 0.590. The maximum atomic E-state index is 10.7. The number of non-ortho nitro benzene ring substituents is 1. The van der Waals surface area contributed by atoms with Crippen molar-refractivity contribution < 1.29 is 14.4 Å². The molecule has 0 saturated carbocycles. The lowest BCUT2D eigenvalue weighted by Crippen LogP contribution is -2.48. The number of nitrogens with one attached hydrogen (secondary N) is 1. The minimum Gasteiger partial charge on any atom is -0.448 e. The van der Waals surface area contributed by atoms with Crippen LogP contribution in [0, 0.1) is 10.1 Å². The van der Waals surface area contributed by atoms with Gasteiger partial charge in [-0.25, -0.2) is 0 Å². The molecule has 0 aromatic heterocycles. The van der Waals surface area contributed by atoms with Gasteiger partial charge < -0.3 is 14.8 Å². The number of piperidine rings is 1. The molecule has 1 aromatic rings. The average Bonchev–Trinajstić information content (AvgIpc) is 2.66. The molecule has 1 saturated heterocycles. The first-order chi connectivity index (χ1) is 8.19. The van der Waals surface area contributed by atoms with Gasteiger partial charge in [-0.1, -0.05) is 0 Å². The molecule has 2 aliphatic rings. The lowest BCUT2D eigenvalue weighted by atomic mass is 10.1. The van der Waals surface area contributed by atoms with Crippen LogP contribution in [0.15, 0.2) is 18.2 Å². The fourth-order valence-electron chi connectivity index (χ4n) is 2.21. The predicted molar refractivity (Wildman–Crippen MR) is 59.2 cm³/mol. The lowest BCUT2D eigenvalue weighted by molar-refractivity contribution is -0.384. The number of nitro groups is 1. The molecule has 1 spiro atoms. The zero-order chi connectivity index (χ0) is 11.9. The molecule has 1 N–H and O–H groups in total. The Bertz CT molecular complexity index is 469. The first-order valence-corrected chi connectivity index (χ1v) is 5.56. The van der Waals surface area contributed by atoms with E-state index in [0.29, 0.717) is 11.5 Å². The van der Waals surface area contributed by atoms with E-state index in [-0.39, 0.29) is 5.69 Å². The largest absolute Gasteiger partial charge is 0.448 e. The Balaban J connectivity index is 1.89. The molecule has 1 aromatic carbocycles. The number of benzene rings is 1. The molecule has 0 unspecified atom stereocenters. The van der Waals surface area contributed by atoms with Crippen molar-refractivity contribution in [1.82, 2.24) is 5.32 Å². The van der Waals surface area contributed by atoms with Gasteiger partial charge in [0.05, 0.1) is 11.0 Å². The van der Waals surface area contributed by atoms with Crippen molar-refractivity contribution in [1.29, 1.82) is 0 Å². The Hall–Kier alpha value is -1.82. The van der Waals surface area contributed by atoms with E-state index in [1.807, 2.05) is 0 Å². The highest BCUT2D eigenvalue weighted by atomic mass is 16.7. The van der Waals surface area contributed by atoms with E-state index < -0.39 is 10.7 Å². The minimum atomic E-state index is -0.622. The van der Waals surface area contributed by atoms with Crippen molar-refractivity contribution >= 4 is 5.69 Å². The van der Waals surface area contributed by atoms with Gasteiger partial charge in [-0.05, 0) is 6.07 Å². The summed E-state index contributed by atoms with van der Waals surface area (Å²) in [6.07, 6.45) is 1.49. The second-order valence-corrected chi connectivity index (χ2v) is 4.25. The third-order valence-electron chi connectivity index (χ3n) is 3.10. The first-order valence-electron chi connectivity index (χ1n) is 5.56. The first kappa shape index (κ1) is 10.3. The molecule has 0 bridgehead atoms. The highest BCUT2D eigenvalue weighted by molar-refractivity contribution is 5.50. The number of fused-ring (bicyclic) bond motifs is 1. The summed E-state index contributed by atoms with van der Waals surface area (Å²) < 4.78 is 11.5. The van der Waals surface area contributed by atoms with Crippen LogP contribution in [0.25, 0.3) is 0 Å². The number of rotatable bonds is 1. The highest BCUT2D eigenvalue weighted by Crippen LogP contribution is 2.44. The molecular formula is C11H12N2O4. The Labute approximate surface area is 97.7 Å². The van der Waals surface area contributed by atoms with E-state index in [2.05, 4.69) is 5.32 Å². The lowest BCUT2D eigenvalue weighted by Gasteiger charge is -2.31. The normalized spacial score (nSPS) is 20.5. The van der Waals surface area contributed by atoms with Gasteiger partial charge in [0.2, 0.25) is 0 Å². The molecule has 3 rings (SSSR count). The predicted octanol–water partition coefficient (Wildman–Crippen LogP) is 1.45. The van der Waals surface area contributed by atoms with Crippen LogP contribution in [0.2, 0.25) is 0 Å². The van der Waals surface area contributed by atoms with E-state index in [1.165, 1.54) is 12.1 Å². The van der Waals surface area contributed by atoms with Crippen LogP contribution in [0.3, 0.4) is 0 Å². The molecule has 6 nitrogen and oxygen atoms in total. The summed E-state index contributed by atoms with van der Waals surface area (Å²) in [6.45, 7) is 1.66. The van der Waals surface area contributed by atoms with Gasteiger partial charge in [0.1, 0.15) is 0 Å². The highest BCUT2D eigenvalue weighted by Gasteiger charge is 2.42. The van der Waals surface area contributed by atoms with Crippen LogP contribution in [-0.4, -0.2) is 23.8 Å². The van der Waals surface area contributed by atoms with E-state index in [4.69, 9.17) is 9.47 Å². The van der Waals surface area contributed by atoms with Gasteiger partial charge in [0.25, 0.3) is 11.5 Å². The number of hydrogen-bond donors (Lipinski definition) is 1. The third-order valence-corrected chi connectivity index (χ3v) is 3.10. The summed E-state index contributed by atoms with van der Waals surface area (Å²) in [4.78, 5) is 10.2. The fourth-order valence-corrected chi connectivity index (χ4v) is 2.21. The Morgan fingerprint density at radius 2 is 1.94 bits per heavy atom. The van der Waals surface area contributed by atoms with Gasteiger partial charge in [-0.2, -0.15) is 0 Å². The maximum Gasteiger partial charge on any atom is 0.273 e. The van der Waals surface area contributed by atoms with E-state index in [9.17, 15) is 10.1 Å².